The molecule has 2 atom stereocenters. The van der Waals surface area contributed by atoms with Crippen LogP contribution >= 0.6 is 0 Å². The summed E-state index contributed by atoms with van der Waals surface area (Å²) >= 11 is 0. The van der Waals surface area contributed by atoms with E-state index in [1.54, 1.807) is 12.1 Å². The third kappa shape index (κ3) is 2.79. The zero-order valence-corrected chi connectivity index (χ0v) is 12.1. The minimum Gasteiger partial charge on any atom is -0.297 e. The minimum absolute atomic E-state index is 0.0467. The maximum atomic E-state index is 13.5. The number of nitrogens with zero attached hydrogens (tertiary/aromatic N) is 2. The molecule has 1 saturated heterocycles. The molecule has 1 fully saturated rings. The summed E-state index contributed by atoms with van der Waals surface area (Å²) in [6.07, 6.45) is 0. The van der Waals surface area contributed by atoms with Crippen LogP contribution in [-0.4, -0.2) is 23.5 Å². The van der Waals surface area contributed by atoms with Crippen molar-refractivity contribution >= 4 is 0 Å². The smallest absolute Gasteiger partial charge is 0.123 e. The zero-order valence-electron chi connectivity index (χ0n) is 12.1. The normalized spacial score (nSPS) is 24.4. The molecule has 2 nitrogen and oxygen atoms in total. The second kappa shape index (κ2) is 4.94. The van der Waals surface area contributed by atoms with Gasteiger partial charge in [0.05, 0.1) is 12.0 Å². The Kier molecular flexibility index (Phi) is 3.64. The fraction of sp³-hybridized carbons (Fsp3) is 0.562. The van der Waals surface area contributed by atoms with E-state index in [4.69, 9.17) is 0 Å². The third-order valence-corrected chi connectivity index (χ3v) is 4.08. The van der Waals surface area contributed by atoms with Gasteiger partial charge in [0, 0.05) is 24.5 Å². The van der Waals surface area contributed by atoms with Crippen LogP contribution < -0.4 is 0 Å². The Morgan fingerprint density at radius 1 is 1.32 bits per heavy atom. The highest BCUT2D eigenvalue weighted by Crippen LogP contribution is 2.37. The van der Waals surface area contributed by atoms with Crippen LogP contribution in [0.15, 0.2) is 18.2 Å². The number of benzene rings is 1. The van der Waals surface area contributed by atoms with E-state index < -0.39 is 0 Å². The Hall–Kier alpha value is -1.40. The Bertz CT molecular complexity index is 510. The van der Waals surface area contributed by atoms with Gasteiger partial charge in [-0.05, 0) is 51.0 Å². The average molecular weight is 260 g/mol. The summed E-state index contributed by atoms with van der Waals surface area (Å²) in [4.78, 5) is 2.32. The van der Waals surface area contributed by atoms with E-state index in [2.05, 4.69) is 31.7 Å². The summed E-state index contributed by atoms with van der Waals surface area (Å²) in [5.74, 6) is -0.161. The van der Waals surface area contributed by atoms with Gasteiger partial charge in [-0.3, -0.25) is 4.90 Å². The van der Waals surface area contributed by atoms with Gasteiger partial charge < -0.3 is 0 Å². The minimum atomic E-state index is -0.216. The number of rotatable bonds is 1. The van der Waals surface area contributed by atoms with Gasteiger partial charge in [-0.15, -0.1) is 0 Å². The first-order valence-electron chi connectivity index (χ1n) is 6.73. The van der Waals surface area contributed by atoms with Crippen LogP contribution in [0.4, 0.5) is 4.39 Å². The summed E-state index contributed by atoms with van der Waals surface area (Å²) in [5.41, 5.74) is 2.10. The van der Waals surface area contributed by atoms with Crippen LogP contribution in [0.3, 0.4) is 0 Å². The van der Waals surface area contributed by atoms with Crippen molar-refractivity contribution < 1.29 is 4.39 Å². The number of halogens is 1. The molecular formula is C16H21FN2. The van der Waals surface area contributed by atoms with Crippen LogP contribution in [0.25, 0.3) is 0 Å². The highest BCUT2D eigenvalue weighted by molar-refractivity contribution is 5.33. The van der Waals surface area contributed by atoms with Gasteiger partial charge in [-0.2, -0.15) is 5.26 Å². The molecule has 1 aliphatic heterocycles. The molecule has 0 bridgehead atoms. The molecule has 102 valence electrons. The lowest BCUT2D eigenvalue weighted by molar-refractivity contribution is 0.170. The number of nitriles is 1. The topological polar surface area (TPSA) is 27.0 Å². The second-order valence-electron chi connectivity index (χ2n) is 6.42. The quantitative estimate of drug-likeness (QED) is 0.773. The van der Waals surface area contributed by atoms with Gasteiger partial charge in [0.15, 0.2) is 0 Å². The van der Waals surface area contributed by atoms with Gasteiger partial charge in [0.25, 0.3) is 0 Å². The van der Waals surface area contributed by atoms with Crippen molar-refractivity contribution in [3.63, 3.8) is 0 Å². The van der Waals surface area contributed by atoms with E-state index in [1.807, 2.05) is 6.92 Å². The van der Waals surface area contributed by atoms with Crippen molar-refractivity contribution in [1.82, 2.24) is 4.90 Å². The highest BCUT2D eigenvalue weighted by Gasteiger charge is 2.39. The van der Waals surface area contributed by atoms with Crippen LogP contribution in [0.2, 0.25) is 0 Å². The van der Waals surface area contributed by atoms with Crippen molar-refractivity contribution in [3.05, 3.63) is 35.1 Å². The van der Waals surface area contributed by atoms with E-state index in [1.165, 1.54) is 6.07 Å². The number of likely N-dealkylation sites (tertiary alicyclic amines) is 1. The molecule has 2 rings (SSSR count). The molecule has 1 aromatic carbocycles. The van der Waals surface area contributed by atoms with Crippen molar-refractivity contribution in [1.29, 1.82) is 5.26 Å². The summed E-state index contributed by atoms with van der Waals surface area (Å²) in [7, 11) is 0. The van der Waals surface area contributed by atoms with Gasteiger partial charge in [0.2, 0.25) is 0 Å². The molecule has 0 unspecified atom stereocenters. The first-order chi connectivity index (χ1) is 8.82. The standard InChI is InChI=1S/C16H21FN2/c1-11-5-6-13(17)7-14(11)15-10-19(16(2,3)4)9-12(15)8-18/h5-7,12,15H,9-10H2,1-4H3/t12-,15-/m0/s1. The Balaban J connectivity index is 2.34. The predicted molar refractivity (Wildman–Crippen MR) is 74.3 cm³/mol. The van der Waals surface area contributed by atoms with E-state index in [-0.39, 0.29) is 23.2 Å². The van der Waals surface area contributed by atoms with E-state index >= 15 is 0 Å². The molecule has 0 spiro atoms. The molecule has 3 heteroatoms. The number of hydrogen-bond acceptors (Lipinski definition) is 2. The second-order valence-corrected chi connectivity index (χ2v) is 6.42. The molecule has 0 aromatic heterocycles. The lowest BCUT2D eigenvalue weighted by atomic mass is 9.87. The average Bonchev–Trinajstić information content (AvgIpc) is 2.76. The van der Waals surface area contributed by atoms with Crippen molar-refractivity contribution in [3.8, 4) is 6.07 Å². The molecule has 0 saturated carbocycles. The maximum Gasteiger partial charge on any atom is 0.123 e. The monoisotopic (exact) mass is 260 g/mol. The Morgan fingerprint density at radius 2 is 2.00 bits per heavy atom. The van der Waals surface area contributed by atoms with E-state index in [0.29, 0.717) is 0 Å². The summed E-state index contributed by atoms with van der Waals surface area (Å²) in [6, 6.07) is 7.28. The van der Waals surface area contributed by atoms with Crippen LogP contribution in [0.5, 0.6) is 0 Å². The molecule has 1 aliphatic rings. The molecule has 19 heavy (non-hydrogen) atoms. The first-order valence-corrected chi connectivity index (χ1v) is 6.73. The van der Waals surface area contributed by atoms with Crippen molar-refractivity contribution in [2.45, 2.75) is 39.2 Å². The SMILES string of the molecule is Cc1ccc(F)cc1[C@H]1CN(C(C)(C)C)C[C@@H]1C#N. The maximum absolute atomic E-state index is 13.5. The molecular weight excluding hydrogens is 239 g/mol. The fourth-order valence-electron chi connectivity index (χ4n) is 2.81. The predicted octanol–water partition coefficient (Wildman–Crippen LogP) is 3.47. The van der Waals surface area contributed by atoms with Crippen LogP contribution in [0, 0.1) is 30.0 Å². The largest absolute Gasteiger partial charge is 0.297 e. The van der Waals surface area contributed by atoms with Crippen LogP contribution in [0.1, 0.15) is 37.8 Å². The first kappa shape index (κ1) is 14.0. The summed E-state index contributed by atoms with van der Waals surface area (Å²) in [6.45, 7) is 10.0. The molecule has 0 amide bonds. The van der Waals surface area contributed by atoms with E-state index in [9.17, 15) is 9.65 Å². The lowest BCUT2D eigenvalue weighted by Crippen LogP contribution is -2.39. The van der Waals surface area contributed by atoms with Crippen molar-refractivity contribution in [2.75, 3.05) is 13.1 Å². The molecule has 1 aromatic rings. The van der Waals surface area contributed by atoms with E-state index in [0.717, 1.165) is 24.2 Å². The zero-order chi connectivity index (χ0) is 14.2. The summed E-state index contributed by atoms with van der Waals surface area (Å²) in [5, 5.41) is 9.37. The molecule has 0 aliphatic carbocycles. The van der Waals surface area contributed by atoms with Gasteiger partial charge >= 0.3 is 0 Å². The van der Waals surface area contributed by atoms with Gasteiger partial charge in [0.1, 0.15) is 5.82 Å². The molecule has 0 radical (unpaired) electrons. The number of aryl methyl sites for hydroxylation is 1. The highest BCUT2D eigenvalue weighted by atomic mass is 19.1. The van der Waals surface area contributed by atoms with Gasteiger partial charge in [-0.1, -0.05) is 6.07 Å². The number of hydrogen-bond donors (Lipinski definition) is 0. The van der Waals surface area contributed by atoms with Crippen molar-refractivity contribution in [2.24, 2.45) is 5.92 Å². The summed E-state index contributed by atoms with van der Waals surface area (Å²) < 4.78 is 13.5. The Morgan fingerprint density at radius 3 is 2.58 bits per heavy atom. The molecule has 0 N–H and O–H groups in total. The fourth-order valence-corrected chi connectivity index (χ4v) is 2.81. The Labute approximate surface area is 114 Å². The lowest BCUT2D eigenvalue weighted by Gasteiger charge is -2.31. The third-order valence-electron chi connectivity index (χ3n) is 4.08. The van der Waals surface area contributed by atoms with Crippen LogP contribution in [-0.2, 0) is 0 Å². The molecule has 1 heterocycles. The van der Waals surface area contributed by atoms with Gasteiger partial charge in [-0.25, -0.2) is 4.39 Å².